The molecule has 4 rings (SSSR count). The topological polar surface area (TPSA) is 210 Å². The number of aliphatic hydroxyl groups excluding tert-OH is 2. The Morgan fingerprint density at radius 2 is 1.87 bits per heavy atom. The van der Waals surface area contributed by atoms with Crippen molar-refractivity contribution in [2.75, 3.05) is 43.0 Å². The summed E-state index contributed by atoms with van der Waals surface area (Å²) in [6.07, 6.45) is -3.45. The molecule has 4 atom stereocenters. The Morgan fingerprint density at radius 1 is 1.16 bits per heavy atom. The second-order valence-electron chi connectivity index (χ2n) is 7.14. The number of nitrogens with zero attached hydrogens (tertiary/aromatic N) is 3. The van der Waals surface area contributed by atoms with Gasteiger partial charge in [-0.05, 0) is 7.05 Å². The molecule has 1 fully saturated rings. The fourth-order valence-electron chi connectivity index (χ4n) is 3.50. The number of ether oxygens (including phenoxy) is 1. The van der Waals surface area contributed by atoms with Gasteiger partial charge in [0.1, 0.15) is 29.7 Å². The summed E-state index contributed by atoms with van der Waals surface area (Å²) in [7, 11) is 1.76. The summed E-state index contributed by atoms with van der Waals surface area (Å²) < 4.78 is 7.05. The molecule has 3 heterocycles. The average Bonchev–Trinajstić information content (AvgIpc) is 3.28. The quantitative estimate of drug-likeness (QED) is 0.137. The highest BCUT2D eigenvalue weighted by molar-refractivity contribution is 5.74. The molecule has 0 radical (unpaired) electrons. The molecular formula is C17H22N8O6. The molecular weight excluding hydrogens is 412 g/mol. The predicted molar refractivity (Wildman–Crippen MR) is 111 cm³/mol. The number of anilines is 3. The van der Waals surface area contributed by atoms with Crippen molar-refractivity contribution in [3.05, 3.63) is 37.1 Å². The van der Waals surface area contributed by atoms with Crippen molar-refractivity contribution in [1.29, 1.82) is 0 Å². The number of nitrogens with two attached hydrogens (primary N) is 1. The normalized spacial score (nSPS) is 23.6. The highest BCUT2D eigenvalue weighted by Crippen LogP contribution is 2.31. The van der Waals surface area contributed by atoms with Gasteiger partial charge in [-0.15, -0.1) is 0 Å². The Morgan fingerprint density at radius 3 is 2.58 bits per heavy atom. The number of likely N-dealkylation sites (N-methyl/N-ethyl adjacent to an activating group) is 1. The molecule has 0 bridgehead atoms. The van der Waals surface area contributed by atoms with E-state index in [0.717, 1.165) is 0 Å². The van der Waals surface area contributed by atoms with Crippen LogP contribution in [-0.4, -0.2) is 74.7 Å². The first kappa shape index (κ1) is 20.9. The summed E-state index contributed by atoms with van der Waals surface area (Å²) in [5.41, 5.74) is 4.10. The number of nitrogen functional groups attached to an aromatic ring is 1. The molecule has 14 heteroatoms. The van der Waals surface area contributed by atoms with Gasteiger partial charge in [0.05, 0.1) is 6.33 Å². The number of aromatic nitrogens is 4. The van der Waals surface area contributed by atoms with Crippen LogP contribution in [0.15, 0.2) is 20.7 Å². The number of imidazole rings is 1. The average molecular weight is 434 g/mol. The molecule has 1 aliphatic heterocycles. The lowest BCUT2D eigenvalue weighted by atomic mass is 10.1. The van der Waals surface area contributed by atoms with Crippen LogP contribution in [0.4, 0.5) is 17.3 Å². The van der Waals surface area contributed by atoms with E-state index in [0.29, 0.717) is 13.1 Å². The van der Waals surface area contributed by atoms with E-state index in [-0.39, 0.29) is 35.0 Å². The van der Waals surface area contributed by atoms with Crippen LogP contribution in [0.25, 0.3) is 11.2 Å². The van der Waals surface area contributed by atoms with E-state index in [9.17, 15) is 24.6 Å². The van der Waals surface area contributed by atoms with Crippen LogP contribution in [0.1, 0.15) is 6.23 Å². The zero-order chi connectivity index (χ0) is 22.3. The smallest absolute Gasteiger partial charge is 0.280 e. The van der Waals surface area contributed by atoms with Crippen LogP contribution in [-0.2, 0) is 4.74 Å². The fourth-order valence-corrected chi connectivity index (χ4v) is 3.50. The molecule has 0 saturated carbocycles. The third-order valence-corrected chi connectivity index (χ3v) is 5.13. The second kappa shape index (κ2) is 8.07. The Bertz CT molecular complexity index is 1230. The van der Waals surface area contributed by atoms with Gasteiger partial charge in [0.25, 0.3) is 16.4 Å². The highest BCUT2D eigenvalue weighted by Gasteiger charge is 2.44. The van der Waals surface area contributed by atoms with Crippen LogP contribution in [0.2, 0.25) is 0 Å². The Labute approximate surface area is 173 Å². The maximum absolute atomic E-state index is 11.9. The second-order valence-corrected chi connectivity index (χ2v) is 7.14. The van der Waals surface area contributed by atoms with E-state index < -0.39 is 41.0 Å². The first-order chi connectivity index (χ1) is 14.8. The summed E-state index contributed by atoms with van der Waals surface area (Å²) in [5.74, 6) is -0.135. The number of H-pyrrole nitrogens is 1. The van der Waals surface area contributed by atoms with Crippen molar-refractivity contribution in [1.82, 2.24) is 24.8 Å². The number of fused-ring (bicyclic) bond motifs is 1. The third kappa shape index (κ3) is 3.54. The minimum Gasteiger partial charge on any atom is -0.387 e. The Hall–Kier alpha value is -3.33. The summed E-state index contributed by atoms with van der Waals surface area (Å²) in [6.45, 7) is 0.988. The minimum absolute atomic E-state index is 0.00193. The summed E-state index contributed by atoms with van der Waals surface area (Å²) in [6, 6.07) is 0. The first-order valence-electron chi connectivity index (χ1n) is 9.53. The fraction of sp³-hybridized carbons (Fsp3) is 0.471. The van der Waals surface area contributed by atoms with E-state index >= 15 is 0 Å². The number of nitrogens with one attached hydrogen (secondary N) is 4. The molecule has 1 aromatic carbocycles. The number of aliphatic hydroxyl groups is 2. The van der Waals surface area contributed by atoms with Gasteiger partial charge >= 0.3 is 0 Å². The first-order valence-corrected chi connectivity index (χ1v) is 9.53. The maximum Gasteiger partial charge on any atom is 0.280 e. The molecule has 2 aromatic heterocycles. The number of hydrogen-bond acceptors (Lipinski definition) is 12. The summed E-state index contributed by atoms with van der Waals surface area (Å²) in [4.78, 5) is 45.9. The molecule has 1 aliphatic rings. The zero-order valence-electron chi connectivity index (χ0n) is 16.5. The summed E-state index contributed by atoms with van der Waals surface area (Å²) >= 11 is 0. The maximum atomic E-state index is 11.9. The van der Waals surface area contributed by atoms with Crippen molar-refractivity contribution < 1.29 is 14.9 Å². The van der Waals surface area contributed by atoms with Gasteiger partial charge < -0.3 is 36.6 Å². The Balaban J connectivity index is 1.50. The van der Waals surface area contributed by atoms with Gasteiger partial charge in [-0.1, -0.05) is 0 Å². The standard InChI is InChI=1S/C17H22N8O6/c1-19-2-3-20-7-8(12(28)11(7)27)21-4-6-10(26)13(29)16(31-6)25-5-22-9-14(25)23-17(18)24-15(9)30/h5-6,10,13,16,19-21,26,29H,2-4H2,1H3,(H3,18,23,24,30). The SMILES string of the molecule is CNCCNc1c(NCC2OC(n3cnc4c(=O)[nH]c(N)nc43)C(O)C2O)c(=O)c1=O. The molecule has 4 unspecified atom stereocenters. The van der Waals surface area contributed by atoms with Crippen molar-refractivity contribution >= 4 is 28.5 Å². The molecule has 14 nitrogen and oxygen atoms in total. The number of rotatable bonds is 8. The van der Waals surface area contributed by atoms with E-state index in [1.807, 2.05) is 0 Å². The van der Waals surface area contributed by atoms with Gasteiger partial charge in [-0.3, -0.25) is 23.9 Å². The highest BCUT2D eigenvalue weighted by atomic mass is 16.6. The Kier molecular flexibility index (Phi) is 5.45. The molecule has 8 N–H and O–H groups in total. The predicted octanol–water partition coefficient (Wildman–Crippen LogP) is -3.34. The minimum atomic E-state index is -1.37. The van der Waals surface area contributed by atoms with E-state index in [1.165, 1.54) is 10.9 Å². The van der Waals surface area contributed by atoms with Crippen LogP contribution < -0.4 is 38.1 Å². The van der Waals surface area contributed by atoms with Crippen molar-refractivity contribution in [2.24, 2.45) is 0 Å². The van der Waals surface area contributed by atoms with Gasteiger partial charge in [0.15, 0.2) is 17.4 Å². The van der Waals surface area contributed by atoms with E-state index in [1.54, 1.807) is 7.05 Å². The molecule has 3 aromatic rings. The molecule has 1 saturated heterocycles. The number of aromatic amines is 1. The van der Waals surface area contributed by atoms with Gasteiger partial charge in [0.2, 0.25) is 5.95 Å². The number of hydrogen-bond donors (Lipinski definition) is 7. The monoisotopic (exact) mass is 434 g/mol. The molecule has 31 heavy (non-hydrogen) atoms. The summed E-state index contributed by atoms with van der Waals surface area (Å²) in [5, 5.41) is 29.5. The largest absolute Gasteiger partial charge is 0.387 e. The molecule has 166 valence electrons. The van der Waals surface area contributed by atoms with Crippen LogP contribution in [0, 0.1) is 0 Å². The molecule has 0 spiro atoms. The van der Waals surface area contributed by atoms with E-state index in [4.69, 9.17) is 10.5 Å². The van der Waals surface area contributed by atoms with Gasteiger partial charge in [0, 0.05) is 19.6 Å². The van der Waals surface area contributed by atoms with Crippen molar-refractivity contribution in [3.63, 3.8) is 0 Å². The lowest BCUT2D eigenvalue weighted by Gasteiger charge is -2.19. The van der Waals surface area contributed by atoms with Crippen molar-refractivity contribution in [3.8, 4) is 0 Å². The van der Waals surface area contributed by atoms with Crippen molar-refractivity contribution in [2.45, 2.75) is 24.5 Å². The zero-order valence-corrected chi connectivity index (χ0v) is 16.5. The van der Waals surface area contributed by atoms with Crippen LogP contribution in [0.3, 0.4) is 0 Å². The van der Waals surface area contributed by atoms with Crippen LogP contribution >= 0.6 is 0 Å². The lowest BCUT2D eigenvalue weighted by Crippen LogP contribution is -2.41. The van der Waals surface area contributed by atoms with Gasteiger partial charge in [-0.2, -0.15) is 4.98 Å². The lowest BCUT2D eigenvalue weighted by molar-refractivity contribution is -0.0312. The molecule has 0 aliphatic carbocycles. The third-order valence-electron chi connectivity index (χ3n) is 5.13. The van der Waals surface area contributed by atoms with Gasteiger partial charge in [-0.25, -0.2) is 4.98 Å². The van der Waals surface area contributed by atoms with E-state index in [2.05, 4.69) is 30.9 Å². The molecule has 0 amide bonds. The van der Waals surface area contributed by atoms with Crippen LogP contribution in [0.5, 0.6) is 0 Å².